The van der Waals surface area contributed by atoms with Crippen molar-refractivity contribution >= 4 is 39.1 Å². The van der Waals surface area contributed by atoms with E-state index in [1.807, 2.05) is 26.0 Å². The summed E-state index contributed by atoms with van der Waals surface area (Å²) >= 11 is 5.95. The Labute approximate surface area is 195 Å². The van der Waals surface area contributed by atoms with Gasteiger partial charge in [0.15, 0.2) is 0 Å². The summed E-state index contributed by atoms with van der Waals surface area (Å²) in [6.07, 6.45) is 1.06. The minimum absolute atomic E-state index is 0.133. The van der Waals surface area contributed by atoms with Gasteiger partial charge >= 0.3 is 0 Å². The van der Waals surface area contributed by atoms with Crippen molar-refractivity contribution in [2.45, 2.75) is 39.3 Å². The van der Waals surface area contributed by atoms with E-state index in [1.54, 1.807) is 43.3 Å². The highest BCUT2D eigenvalue weighted by atomic mass is 35.5. The summed E-state index contributed by atoms with van der Waals surface area (Å²) in [5.41, 5.74) is 2.22. The Bertz CT molecular complexity index is 1040. The molecule has 0 unspecified atom stereocenters. The van der Waals surface area contributed by atoms with Gasteiger partial charge in [0.05, 0.1) is 11.9 Å². The molecule has 0 bridgehead atoms. The van der Waals surface area contributed by atoms with E-state index in [1.165, 1.54) is 11.9 Å². The predicted molar refractivity (Wildman–Crippen MR) is 128 cm³/mol. The Kier molecular flexibility index (Phi) is 8.69. The standard InChI is InChI=1S/C23H30ClN3O4S/c1-16(2)19-8-12-21(13-9-19)27(32(5,30)31)15-22(28)26(17(3)23(29)25-4)14-18-6-10-20(24)11-7-18/h6-13,16-17H,14-15H2,1-5H3,(H,25,29)/t17-/m0/s1. The Morgan fingerprint density at radius 3 is 2.03 bits per heavy atom. The monoisotopic (exact) mass is 479 g/mol. The zero-order valence-corrected chi connectivity index (χ0v) is 20.6. The van der Waals surface area contributed by atoms with Crippen LogP contribution in [0.4, 0.5) is 5.69 Å². The van der Waals surface area contributed by atoms with Crippen molar-refractivity contribution in [3.8, 4) is 0 Å². The van der Waals surface area contributed by atoms with Gasteiger partial charge in [0.1, 0.15) is 12.6 Å². The quantitative estimate of drug-likeness (QED) is 0.597. The van der Waals surface area contributed by atoms with Crippen molar-refractivity contribution in [2.24, 2.45) is 0 Å². The fourth-order valence-corrected chi connectivity index (χ4v) is 4.19. The first-order chi connectivity index (χ1) is 14.9. The number of nitrogens with zero attached hydrogens (tertiary/aromatic N) is 2. The highest BCUT2D eigenvalue weighted by Crippen LogP contribution is 2.23. The lowest BCUT2D eigenvalue weighted by Crippen LogP contribution is -2.50. The number of carbonyl (C=O) groups excluding carboxylic acids is 2. The third-order valence-corrected chi connectivity index (χ3v) is 6.60. The first-order valence-electron chi connectivity index (χ1n) is 10.3. The SMILES string of the molecule is CNC(=O)[C@H](C)N(Cc1ccc(Cl)cc1)C(=O)CN(c1ccc(C(C)C)cc1)S(C)(=O)=O. The second-order valence-electron chi connectivity index (χ2n) is 7.95. The zero-order valence-electron chi connectivity index (χ0n) is 19.0. The summed E-state index contributed by atoms with van der Waals surface area (Å²) in [6.45, 7) is 5.40. The number of benzene rings is 2. The molecule has 32 heavy (non-hydrogen) atoms. The van der Waals surface area contributed by atoms with Crippen LogP contribution >= 0.6 is 11.6 Å². The molecule has 2 aromatic rings. The van der Waals surface area contributed by atoms with E-state index in [9.17, 15) is 18.0 Å². The molecule has 0 aromatic heterocycles. The number of rotatable bonds is 9. The van der Waals surface area contributed by atoms with Gasteiger partial charge in [-0.25, -0.2) is 8.42 Å². The van der Waals surface area contributed by atoms with Crippen LogP contribution in [-0.2, 0) is 26.2 Å². The summed E-state index contributed by atoms with van der Waals surface area (Å²) in [4.78, 5) is 27.0. The number of sulfonamides is 1. The maximum atomic E-state index is 13.3. The normalized spacial score (nSPS) is 12.3. The molecule has 0 aliphatic rings. The molecule has 0 aliphatic heterocycles. The van der Waals surface area contributed by atoms with E-state index in [2.05, 4.69) is 5.32 Å². The molecule has 0 radical (unpaired) electrons. The van der Waals surface area contributed by atoms with Gasteiger partial charge in [0, 0.05) is 18.6 Å². The smallest absolute Gasteiger partial charge is 0.244 e. The van der Waals surface area contributed by atoms with E-state index < -0.39 is 28.5 Å². The highest BCUT2D eigenvalue weighted by molar-refractivity contribution is 7.92. The van der Waals surface area contributed by atoms with E-state index in [0.29, 0.717) is 16.6 Å². The Hall–Kier alpha value is -2.58. The number of hydrogen-bond donors (Lipinski definition) is 1. The van der Waals surface area contributed by atoms with Crippen molar-refractivity contribution in [3.63, 3.8) is 0 Å². The van der Waals surface area contributed by atoms with Crippen LogP contribution in [0.2, 0.25) is 5.02 Å². The summed E-state index contributed by atoms with van der Waals surface area (Å²) < 4.78 is 26.1. The molecule has 1 N–H and O–H groups in total. The topological polar surface area (TPSA) is 86.8 Å². The largest absolute Gasteiger partial charge is 0.357 e. The maximum absolute atomic E-state index is 13.3. The van der Waals surface area contributed by atoms with Crippen molar-refractivity contribution in [1.29, 1.82) is 0 Å². The first kappa shape index (κ1) is 25.7. The lowest BCUT2D eigenvalue weighted by atomic mass is 10.0. The second-order valence-corrected chi connectivity index (χ2v) is 10.3. The Morgan fingerprint density at radius 2 is 1.56 bits per heavy atom. The van der Waals surface area contributed by atoms with E-state index >= 15 is 0 Å². The molecule has 2 aromatic carbocycles. The zero-order chi connectivity index (χ0) is 24.1. The van der Waals surface area contributed by atoms with Gasteiger partial charge in [-0.15, -0.1) is 0 Å². The van der Waals surface area contributed by atoms with Crippen LogP contribution in [0.25, 0.3) is 0 Å². The molecule has 0 saturated heterocycles. The van der Waals surface area contributed by atoms with Crippen molar-refractivity contribution in [1.82, 2.24) is 10.2 Å². The fraction of sp³-hybridized carbons (Fsp3) is 0.391. The molecule has 1 atom stereocenters. The van der Waals surface area contributed by atoms with Gasteiger partial charge in [-0.2, -0.15) is 0 Å². The molecule has 0 saturated carbocycles. The van der Waals surface area contributed by atoms with Crippen LogP contribution in [0.5, 0.6) is 0 Å². The highest BCUT2D eigenvalue weighted by Gasteiger charge is 2.29. The van der Waals surface area contributed by atoms with E-state index in [0.717, 1.165) is 21.7 Å². The predicted octanol–water partition coefficient (Wildman–Crippen LogP) is 3.39. The molecule has 2 rings (SSSR count). The number of nitrogens with one attached hydrogen (secondary N) is 1. The molecule has 0 fully saturated rings. The molecule has 0 aliphatic carbocycles. The number of carbonyl (C=O) groups is 2. The summed E-state index contributed by atoms with van der Waals surface area (Å²) in [7, 11) is -2.25. The minimum Gasteiger partial charge on any atom is -0.357 e. The molecule has 2 amide bonds. The van der Waals surface area contributed by atoms with Crippen molar-refractivity contribution in [2.75, 3.05) is 24.2 Å². The fourth-order valence-electron chi connectivity index (χ4n) is 3.22. The van der Waals surface area contributed by atoms with Crippen molar-refractivity contribution < 1.29 is 18.0 Å². The summed E-state index contributed by atoms with van der Waals surface area (Å²) in [6, 6.07) is 13.2. The Balaban J connectivity index is 2.36. The van der Waals surface area contributed by atoms with Gasteiger partial charge in [-0.3, -0.25) is 13.9 Å². The lowest BCUT2D eigenvalue weighted by molar-refractivity contribution is -0.139. The van der Waals surface area contributed by atoms with E-state index in [-0.39, 0.29) is 12.5 Å². The lowest BCUT2D eigenvalue weighted by Gasteiger charge is -2.31. The molecule has 0 heterocycles. The van der Waals surface area contributed by atoms with E-state index in [4.69, 9.17) is 11.6 Å². The van der Waals surface area contributed by atoms with Crippen LogP contribution in [0, 0.1) is 0 Å². The van der Waals surface area contributed by atoms with Gasteiger partial charge in [-0.05, 0) is 48.2 Å². The van der Waals surface area contributed by atoms with Crippen LogP contribution in [0.1, 0.15) is 37.8 Å². The molecule has 174 valence electrons. The molecule has 7 nitrogen and oxygen atoms in total. The average molecular weight is 480 g/mol. The molecular formula is C23H30ClN3O4S. The van der Waals surface area contributed by atoms with Gasteiger partial charge in [-0.1, -0.05) is 49.7 Å². The summed E-state index contributed by atoms with van der Waals surface area (Å²) in [5, 5.41) is 3.10. The third kappa shape index (κ3) is 6.71. The summed E-state index contributed by atoms with van der Waals surface area (Å²) in [5.74, 6) is -0.547. The van der Waals surface area contributed by atoms with Crippen LogP contribution in [0.3, 0.4) is 0 Å². The number of likely N-dealkylation sites (N-methyl/N-ethyl adjacent to an activating group) is 1. The van der Waals surface area contributed by atoms with Gasteiger partial charge < -0.3 is 10.2 Å². The second kappa shape index (κ2) is 10.8. The number of anilines is 1. The van der Waals surface area contributed by atoms with Gasteiger partial charge in [0.2, 0.25) is 21.8 Å². The van der Waals surface area contributed by atoms with Crippen molar-refractivity contribution in [3.05, 3.63) is 64.7 Å². The molecule has 9 heteroatoms. The van der Waals surface area contributed by atoms with Crippen LogP contribution in [0.15, 0.2) is 48.5 Å². The van der Waals surface area contributed by atoms with Crippen LogP contribution in [-0.4, -0.2) is 51.0 Å². The molecule has 0 spiro atoms. The Morgan fingerprint density at radius 1 is 1.00 bits per heavy atom. The maximum Gasteiger partial charge on any atom is 0.244 e. The number of halogens is 1. The van der Waals surface area contributed by atoms with Crippen LogP contribution < -0.4 is 9.62 Å². The molecular weight excluding hydrogens is 450 g/mol. The third-order valence-electron chi connectivity index (χ3n) is 5.21. The minimum atomic E-state index is -3.74. The van der Waals surface area contributed by atoms with Gasteiger partial charge in [0.25, 0.3) is 0 Å². The average Bonchev–Trinajstić information content (AvgIpc) is 2.75. The number of amides is 2. The first-order valence-corrected chi connectivity index (χ1v) is 12.5. The number of hydrogen-bond acceptors (Lipinski definition) is 4.